The summed E-state index contributed by atoms with van der Waals surface area (Å²) in [7, 11) is 0. The minimum absolute atomic E-state index is 0.131. The summed E-state index contributed by atoms with van der Waals surface area (Å²) in [6.07, 6.45) is 1.07. The highest BCUT2D eigenvalue weighted by molar-refractivity contribution is 6.31. The van der Waals surface area contributed by atoms with Crippen LogP contribution in [-0.2, 0) is 6.42 Å². The average Bonchev–Trinajstić information content (AvgIpc) is 2.89. The number of nitrogens with one attached hydrogen (secondary N) is 1. The van der Waals surface area contributed by atoms with Crippen LogP contribution in [0.2, 0.25) is 5.02 Å². The van der Waals surface area contributed by atoms with Crippen LogP contribution in [0.25, 0.3) is 11.0 Å². The summed E-state index contributed by atoms with van der Waals surface area (Å²) in [5, 5.41) is 5.33. The van der Waals surface area contributed by atoms with Crippen molar-refractivity contribution in [2.24, 2.45) is 0 Å². The molecule has 0 aliphatic carbocycles. The molecule has 3 heteroatoms. The van der Waals surface area contributed by atoms with Crippen molar-refractivity contribution in [1.29, 1.82) is 0 Å². The summed E-state index contributed by atoms with van der Waals surface area (Å²) in [5.41, 5.74) is 3.59. The number of halogens is 1. The maximum Gasteiger partial charge on any atom is 0.134 e. The molecule has 0 saturated heterocycles. The second kappa shape index (κ2) is 4.65. The van der Waals surface area contributed by atoms with Crippen LogP contribution in [-0.4, -0.2) is 6.54 Å². The topological polar surface area (TPSA) is 25.2 Å². The maximum absolute atomic E-state index is 6.04. The largest absolute Gasteiger partial charge is 0.459 e. The molecule has 0 spiro atoms. The third kappa shape index (κ3) is 1.92. The quantitative estimate of drug-likeness (QED) is 0.719. The molecule has 0 saturated carbocycles. The molecule has 2 nitrogen and oxygen atoms in total. The number of rotatable bonds is 1. The molecule has 20 heavy (non-hydrogen) atoms. The second-order valence-electron chi connectivity index (χ2n) is 5.17. The van der Waals surface area contributed by atoms with E-state index in [9.17, 15) is 0 Å². The lowest BCUT2D eigenvalue weighted by atomic mass is 9.93. The monoisotopic (exact) mass is 283 g/mol. The molecule has 1 aliphatic heterocycles. The highest BCUT2D eigenvalue weighted by atomic mass is 35.5. The average molecular weight is 284 g/mol. The van der Waals surface area contributed by atoms with Gasteiger partial charge in [0.15, 0.2) is 0 Å². The molecule has 1 aliphatic rings. The predicted octanol–water partition coefficient (Wildman–Crippen LogP) is 4.32. The van der Waals surface area contributed by atoms with Gasteiger partial charge in [-0.3, -0.25) is 0 Å². The van der Waals surface area contributed by atoms with Gasteiger partial charge in [0.25, 0.3) is 0 Å². The van der Waals surface area contributed by atoms with Crippen molar-refractivity contribution in [2.45, 2.75) is 12.5 Å². The number of furan rings is 1. The number of fused-ring (bicyclic) bond motifs is 2. The first-order chi connectivity index (χ1) is 9.81. The molecule has 3 aromatic rings. The Morgan fingerprint density at radius 1 is 1.10 bits per heavy atom. The molecular weight excluding hydrogens is 270 g/mol. The van der Waals surface area contributed by atoms with Crippen LogP contribution in [0.3, 0.4) is 0 Å². The van der Waals surface area contributed by atoms with Crippen molar-refractivity contribution >= 4 is 22.6 Å². The van der Waals surface area contributed by atoms with Crippen molar-refractivity contribution in [3.05, 3.63) is 70.4 Å². The van der Waals surface area contributed by atoms with Crippen LogP contribution in [0.4, 0.5) is 0 Å². The van der Waals surface area contributed by atoms with E-state index in [-0.39, 0.29) is 6.04 Å². The van der Waals surface area contributed by atoms with Gasteiger partial charge >= 0.3 is 0 Å². The van der Waals surface area contributed by atoms with Gasteiger partial charge in [0.05, 0.1) is 6.04 Å². The molecule has 1 unspecified atom stereocenters. The SMILES string of the molecule is Clc1ccc2oc(C3NCCc4ccccc43)cc2c1. The minimum atomic E-state index is 0.131. The Kier molecular flexibility index (Phi) is 2.79. The summed E-state index contributed by atoms with van der Waals surface area (Å²) in [4.78, 5) is 0. The maximum atomic E-state index is 6.04. The lowest BCUT2D eigenvalue weighted by Crippen LogP contribution is -2.30. The number of hydrogen-bond acceptors (Lipinski definition) is 2. The first-order valence-corrected chi connectivity index (χ1v) is 7.19. The summed E-state index contributed by atoms with van der Waals surface area (Å²) in [5.74, 6) is 0.953. The molecule has 2 heterocycles. The van der Waals surface area contributed by atoms with Crippen LogP contribution in [0.5, 0.6) is 0 Å². The van der Waals surface area contributed by atoms with Gasteiger partial charge in [-0.2, -0.15) is 0 Å². The highest BCUT2D eigenvalue weighted by Gasteiger charge is 2.23. The molecule has 100 valence electrons. The van der Waals surface area contributed by atoms with Crippen molar-refractivity contribution < 1.29 is 4.42 Å². The summed E-state index contributed by atoms with van der Waals surface area (Å²) < 4.78 is 6.00. The van der Waals surface area contributed by atoms with Gasteiger partial charge in [-0.1, -0.05) is 35.9 Å². The van der Waals surface area contributed by atoms with Gasteiger partial charge in [-0.15, -0.1) is 0 Å². The van der Waals surface area contributed by atoms with E-state index in [2.05, 4.69) is 35.6 Å². The van der Waals surface area contributed by atoms with Gasteiger partial charge in [-0.05, 0) is 41.8 Å². The van der Waals surface area contributed by atoms with Gasteiger partial charge in [0, 0.05) is 17.0 Å². The molecule has 4 rings (SSSR count). The molecule has 2 aromatic carbocycles. The molecular formula is C17H14ClNO. The zero-order chi connectivity index (χ0) is 13.5. The summed E-state index contributed by atoms with van der Waals surface area (Å²) in [6, 6.07) is 16.5. The molecule has 0 amide bonds. The molecule has 1 aromatic heterocycles. The number of hydrogen-bond donors (Lipinski definition) is 1. The first-order valence-electron chi connectivity index (χ1n) is 6.81. The van der Waals surface area contributed by atoms with Gasteiger partial charge in [0.1, 0.15) is 11.3 Å². The van der Waals surface area contributed by atoms with E-state index in [4.69, 9.17) is 16.0 Å². The summed E-state index contributed by atoms with van der Waals surface area (Å²) >= 11 is 6.04. The standard InChI is InChI=1S/C17H14ClNO/c18-13-5-6-15-12(9-13)10-16(20-15)17-14-4-2-1-3-11(14)7-8-19-17/h1-6,9-10,17,19H,7-8H2. The normalized spacial score (nSPS) is 18.1. The Morgan fingerprint density at radius 2 is 2.00 bits per heavy atom. The fourth-order valence-electron chi connectivity index (χ4n) is 2.94. The van der Waals surface area contributed by atoms with Crippen molar-refractivity contribution in [3.63, 3.8) is 0 Å². The van der Waals surface area contributed by atoms with Gasteiger partial charge in [0.2, 0.25) is 0 Å². The predicted molar refractivity (Wildman–Crippen MR) is 81.2 cm³/mol. The smallest absolute Gasteiger partial charge is 0.134 e. The Labute approximate surface area is 122 Å². The van der Waals surface area contributed by atoms with Crippen molar-refractivity contribution in [1.82, 2.24) is 5.32 Å². The first kappa shape index (κ1) is 12.0. The molecule has 0 bridgehead atoms. The second-order valence-corrected chi connectivity index (χ2v) is 5.60. The van der Waals surface area contributed by atoms with Gasteiger partial charge in [-0.25, -0.2) is 0 Å². The third-order valence-electron chi connectivity index (χ3n) is 3.89. The van der Waals surface area contributed by atoms with E-state index >= 15 is 0 Å². The van der Waals surface area contributed by atoms with Crippen molar-refractivity contribution in [3.8, 4) is 0 Å². The van der Waals surface area contributed by atoms with E-state index < -0.39 is 0 Å². The zero-order valence-electron chi connectivity index (χ0n) is 10.9. The van der Waals surface area contributed by atoms with E-state index in [0.717, 1.165) is 34.7 Å². The van der Waals surface area contributed by atoms with E-state index in [0.29, 0.717) is 0 Å². The fourth-order valence-corrected chi connectivity index (χ4v) is 3.12. The van der Waals surface area contributed by atoms with Gasteiger partial charge < -0.3 is 9.73 Å². The molecule has 1 atom stereocenters. The number of benzene rings is 2. The lowest BCUT2D eigenvalue weighted by Gasteiger charge is -2.25. The van der Waals surface area contributed by atoms with E-state index in [1.165, 1.54) is 11.1 Å². The van der Waals surface area contributed by atoms with Crippen LogP contribution in [0.1, 0.15) is 22.9 Å². The van der Waals surface area contributed by atoms with Crippen LogP contribution in [0.15, 0.2) is 52.9 Å². The van der Waals surface area contributed by atoms with Crippen LogP contribution < -0.4 is 5.32 Å². The Balaban J connectivity index is 1.84. The summed E-state index contributed by atoms with van der Waals surface area (Å²) in [6.45, 7) is 0.972. The Bertz CT molecular complexity index is 778. The molecule has 0 radical (unpaired) electrons. The molecule has 1 N–H and O–H groups in total. The highest BCUT2D eigenvalue weighted by Crippen LogP contribution is 2.32. The van der Waals surface area contributed by atoms with Crippen molar-refractivity contribution in [2.75, 3.05) is 6.54 Å². The van der Waals surface area contributed by atoms with Crippen LogP contribution in [0, 0.1) is 0 Å². The Hall–Kier alpha value is -1.77. The lowest BCUT2D eigenvalue weighted by molar-refractivity contribution is 0.456. The minimum Gasteiger partial charge on any atom is -0.459 e. The van der Waals surface area contributed by atoms with Crippen LogP contribution >= 0.6 is 11.6 Å². The zero-order valence-corrected chi connectivity index (χ0v) is 11.7. The fraction of sp³-hybridized carbons (Fsp3) is 0.176. The Morgan fingerprint density at radius 3 is 2.95 bits per heavy atom. The third-order valence-corrected chi connectivity index (χ3v) is 4.13. The van der Waals surface area contributed by atoms with E-state index in [1.54, 1.807) is 0 Å². The van der Waals surface area contributed by atoms with E-state index in [1.807, 2.05) is 18.2 Å². The molecule has 0 fully saturated rings.